The summed E-state index contributed by atoms with van der Waals surface area (Å²) in [6, 6.07) is 6.91. The smallest absolute Gasteiger partial charge is 0.317 e. The fraction of sp³-hybridized carbons (Fsp3) is 0.611. The van der Waals surface area contributed by atoms with Crippen molar-refractivity contribution in [1.29, 1.82) is 0 Å². The molecule has 2 rings (SSSR count). The van der Waals surface area contributed by atoms with E-state index in [2.05, 4.69) is 26.1 Å². The average Bonchev–Trinajstić information content (AvgIpc) is 2.53. The standard InChI is InChI=1S/C18H27FN2O/c1-4-16-7-5-6-12-21(16)17(22)20-13-18(2,3)14-8-10-15(19)11-9-14/h8-11,16H,4-7,12-13H2,1-3H3,(H,20,22). The van der Waals surface area contributed by atoms with Gasteiger partial charge in [0.2, 0.25) is 0 Å². The van der Waals surface area contributed by atoms with Crippen molar-refractivity contribution in [2.24, 2.45) is 0 Å². The molecular weight excluding hydrogens is 279 g/mol. The molecule has 1 N–H and O–H groups in total. The van der Waals surface area contributed by atoms with Gasteiger partial charge in [-0.15, -0.1) is 0 Å². The molecule has 22 heavy (non-hydrogen) atoms. The van der Waals surface area contributed by atoms with E-state index in [4.69, 9.17) is 0 Å². The number of carbonyl (C=O) groups is 1. The van der Waals surface area contributed by atoms with Crippen molar-refractivity contribution in [3.8, 4) is 0 Å². The van der Waals surface area contributed by atoms with Gasteiger partial charge < -0.3 is 10.2 Å². The zero-order valence-corrected chi connectivity index (χ0v) is 13.9. The molecule has 0 aromatic heterocycles. The van der Waals surface area contributed by atoms with E-state index in [1.165, 1.54) is 18.6 Å². The molecule has 1 aromatic carbocycles. The van der Waals surface area contributed by atoms with Gasteiger partial charge in [-0.25, -0.2) is 9.18 Å². The largest absolute Gasteiger partial charge is 0.337 e. The Hall–Kier alpha value is -1.58. The minimum absolute atomic E-state index is 0.0294. The molecule has 1 aliphatic heterocycles. The van der Waals surface area contributed by atoms with Crippen molar-refractivity contribution in [2.45, 2.75) is 57.9 Å². The fourth-order valence-corrected chi connectivity index (χ4v) is 3.09. The van der Waals surface area contributed by atoms with Crippen LogP contribution < -0.4 is 5.32 Å². The van der Waals surface area contributed by atoms with Crippen molar-refractivity contribution in [1.82, 2.24) is 10.2 Å². The van der Waals surface area contributed by atoms with E-state index in [1.54, 1.807) is 12.1 Å². The zero-order valence-electron chi connectivity index (χ0n) is 13.9. The van der Waals surface area contributed by atoms with Gasteiger partial charge in [0.25, 0.3) is 0 Å². The fourth-order valence-electron chi connectivity index (χ4n) is 3.09. The lowest BCUT2D eigenvalue weighted by Gasteiger charge is -2.36. The van der Waals surface area contributed by atoms with Crippen molar-refractivity contribution >= 4 is 6.03 Å². The lowest BCUT2D eigenvalue weighted by molar-refractivity contribution is 0.147. The number of rotatable bonds is 4. The molecule has 0 saturated carbocycles. The van der Waals surface area contributed by atoms with Gasteiger partial charge in [-0.3, -0.25) is 0 Å². The van der Waals surface area contributed by atoms with Crippen LogP contribution in [0.5, 0.6) is 0 Å². The van der Waals surface area contributed by atoms with Gasteiger partial charge in [-0.05, 0) is 43.4 Å². The van der Waals surface area contributed by atoms with E-state index in [0.29, 0.717) is 12.6 Å². The predicted molar refractivity (Wildman–Crippen MR) is 87.5 cm³/mol. The van der Waals surface area contributed by atoms with Gasteiger partial charge in [0.15, 0.2) is 0 Å². The summed E-state index contributed by atoms with van der Waals surface area (Å²) in [6.07, 6.45) is 4.41. The van der Waals surface area contributed by atoms with E-state index < -0.39 is 0 Å². The summed E-state index contributed by atoms with van der Waals surface area (Å²) >= 11 is 0. The first-order valence-electron chi connectivity index (χ1n) is 8.24. The van der Waals surface area contributed by atoms with Gasteiger partial charge in [0.1, 0.15) is 5.82 Å². The molecule has 1 saturated heterocycles. The van der Waals surface area contributed by atoms with Crippen molar-refractivity contribution in [2.75, 3.05) is 13.1 Å². The van der Waals surface area contributed by atoms with E-state index in [9.17, 15) is 9.18 Å². The Labute approximate surface area is 132 Å². The first-order chi connectivity index (χ1) is 10.4. The Balaban J connectivity index is 1.95. The molecule has 1 heterocycles. The molecule has 1 aliphatic rings. The lowest BCUT2D eigenvalue weighted by Crippen LogP contribution is -2.50. The Kier molecular flexibility index (Phi) is 5.43. The Morgan fingerprint density at radius 3 is 2.64 bits per heavy atom. The number of nitrogens with one attached hydrogen (secondary N) is 1. The van der Waals surface area contributed by atoms with Crippen LogP contribution in [0.15, 0.2) is 24.3 Å². The van der Waals surface area contributed by atoms with Crippen LogP contribution in [0.25, 0.3) is 0 Å². The predicted octanol–water partition coefficient (Wildman–Crippen LogP) is 4.08. The Morgan fingerprint density at radius 1 is 1.32 bits per heavy atom. The van der Waals surface area contributed by atoms with Gasteiger partial charge in [0, 0.05) is 24.5 Å². The normalized spacial score (nSPS) is 19.1. The third-order valence-corrected chi connectivity index (χ3v) is 4.67. The molecule has 122 valence electrons. The van der Waals surface area contributed by atoms with E-state index in [0.717, 1.165) is 31.4 Å². The number of amides is 2. The SMILES string of the molecule is CCC1CCCCN1C(=O)NCC(C)(C)c1ccc(F)cc1. The number of benzene rings is 1. The number of piperidine rings is 1. The summed E-state index contributed by atoms with van der Waals surface area (Å²) in [7, 11) is 0. The quantitative estimate of drug-likeness (QED) is 0.893. The molecular formula is C18H27FN2O. The Bertz CT molecular complexity index is 498. The highest BCUT2D eigenvalue weighted by Crippen LogP contribution is 2.23. The summed E-state index contributed by atoms with van der Waals surface area (Å²) in [4.78, 5) is 14.4. The maximum absolute atomic E-state index is 13.0. The highest BCUT2D eigenvalue weighted by atomic mass is 19.1. The van der Waals surface area contributed by atoms with Crippen molar-refractivity contribution < 1.29 is 9.18 Å². The van der Waals surface area contributed by atoms with Crippen LogP contribution in [-0.4, -0.2) is 30.1 Å². The van der Waals surface area contributed by atoms with Crippen LogP contribution in [0.4, 0.5) is 9.18 Å². The summed E-state index contributed by atoms with van der Waals surface area (Å²) in [6.45, 7) is 7.66. The highest BCUT2D eigenvalue weighted by molar-refractivity contribution is 5.74. The molecule has 1 unspecified atom stereocenters. The lowest BCUT2D eigenvalue weighted by atomic mass is 9.84. The first-order valence-corrected chi connectivity index (χ1v) is 8.24. The van der Waals surface area contributed by atoms with Gasteiger partial charge in [-0.2, -0.15) is 0 Å². The number of hydrogen-bond acceptors (Lipinski definition) is 1. The van der Waals surface area contributed by atoms with Crippen LogP contribution in [-0.2, 0) is 5.41 Å². The molecule has 0 radical (unpaired) electrons. The summed E-state index contributed by atoms with van der Waals surface area (Å²) in [5, 5.41) is 3.06. The number of hydrogen-bond donors (Lipinski definition) is 1. The second kappa shape index (κ2) is 7.12. The Morgan fingerprint density at radius 2 is 2.00 bits per heavy atom. The monoisotopic (exact) mass is 306 g/mol. The van der Waals surface area contributed by atoms with E-state index in [-0.39, 0.29) is 17.3 Å². The van der Waals surface area contributed by atoms with Crippen LogP contribution in [0.1, 0.15) is 52.0 Å². The molecule has 4 heteroatoms. The number of nitrogens with zero attached hydrogens (tertiary/aromatic N) is 1. The molecule has 2 amide bonds. The maximum atomic E-state index is 13.0. The van der Waals surface area contributed by atoms with Gasteiger partial charge in [-0.1, -0.05) is 32.9 Å². The molecule has 1 fully saturated rings. The number of carbonyl (C=O) groups excluding carboxylic acids is 1. The second-order valence-electron chi connectivity index (χ2n) is 6.80. The molecule has 0 bridgehead atoms. The molecule has 3 nitrogen and oxygen atoms in total. The van der Waals surface area contributed by atoms with Crippen LogP contribution in [0.2, 0.25) is 0 Å². The minimum atomic E-state index is -0.234. The average molecular weight is 306 g/mol. The van der Waals surface area contributed by atoms with Crippen LogP contribution in [0.3, 0.4) is 0 Å². The van der Waals surface area contributed by atoms with E-state index >= 15 is 0 Å². The molecule has 0 spiro atoms. The summed E-state index contributed by atoms with van der Waals surface area (Å²) in [5.74, 6) is -0.234. The molecule has 1 aromatic rings. The van der Waals surface area contributed by atoms with Gasteiger partial charge >= 0.3 is 6.03 Å². The molecule has 1 atom stereocenters. The van der Waals surface area contributed by atoms with E-state index in [1.807, 2.05) is 4.90 Å². The van der Waals surface area contributed by atoms with Crippen LogP contribution >= 0.6 is 0 Å². The summed E-state index contributed by atoms with van der Waals surface area (Å²) < 4.78 is 13.0. The maximum Gasteiger partial charge on any atom is 0.317 e. The van der Waals surface area contributed by atoms with Crippen molar-refractivity contribution in [3.05, 3.63) is 35.6 Å². The highest BCUT2D eigenvalue weighted by Gasteiger charge is 2.27. The van der Waals surface area contributed by atoms with Crippen molar-refractivity contribution in [3.63, 3.8) is 0 Å². The first kappa shape index (κ1) is 16.8. The number of halogens is 1. The van der Waals surface area contributed by atoms with Crippen LogP contribution in [0, 0.1) is 5.82 Å². The van der Waals surface area contributed by atoms with Gasteiger partial charge in [0.05, 0.1) is 0 Å². The molecule has 0 aliphatic carbocycles. The third kappa shape index (κ3) is 3.99. The minimum Gasteiger partial charge on any atom is -0.337 e. The topological polar surface area (TPSA) is 32.3 Å². The second-order valence-corrected chi connectivity index (χ2v) is 6.80. The summed E-state index contributed by atoms with van der Waals surface area (Å²) in [5.41, 5.74) is 0.806. The third-order valence-electron chi connectivity index (χ3n) is 4.67. The number of urea groups is 1. The zero-order chi connectivity index (χ0) is 16.2. The number of likely N-dealkylation sites (tertiary alicyclic amines) is 1.